The summed E-state index contributed by atoms with van der Waals surface area (Å²) in [6.45, 7) is 10.9. The van der Waals surface area contributed by atoms with E-state index in [1.807, 2.05) is 36.9 Å². The van der Waals surface area contributed by atoms with Crippen LogP contribution in [0, 0.1) is 17.8 Å². The van der Waals surface area contributed by atoms with Gasteiger partial charge in [0.1, 0.15) is 17.4 Å². The van der Waals surface area contributed by atoms with Gasteiger partial charge < -0.3 is 19.7 Å². The quantitative estimate of drug-likeness (QED) is 0.759. The SMILES string of the molecule is CC(=O)N[C@H](C(=O)N1CC[C@H]2O[C@H]3c4cc(Cl)ccc4OC(C)(C)[C@@H]3C[C@H]2C1)C(C)C. The van der Waals surface area contributed by atoms with Gasteiger partial charge in [-0.25, -0.2) is 0 Å². The lowest BCUT2D eigenvalue weighted by molar-refractivity contribution is -0.189. The van der Waals surface area contributed by atoms with Crippen molar-refractivity contribution in [2.75, 3.05) is 13.1 Å². The standard InChI is InChI=1S/C24H33ClN2O4/c1-13(2)21(26-14(3)28)23(29)27-9-8-19-15(12-27)10-18-22(30-19)17-11-16(25)6-7-20(17)31-24(18,4)5/h6-7,11,13,15,18-19,21-22H,8-10,12H2,1-5H3,(H,26,28)/t15-,18+,19+,21-,22-/m0/s1. The number of benzene rings is 1. The first kappa shape index (κ1) is 22.4. The average molecular weight is 449 g/mol. The molecule has 6 nitrogen and oxygen atoms in total. The molecule has 2 saturated heterocycles. The van der Waals surface area contributed by atoms with Crippen molar-refractivity contribution in [3.63, 3.8) is 0 Å². The molecule has 5 atom stereocenters. The monoisotopic (exact) mass is 448 g/mol. The van der Waals surface area contributed by atoms with E-state index in [2.05, 4.69) is 19.2 Å². The minimum absolute atomic E-state index is 0.00190. The second-order valence-electron chi connectivity index (χ2n) is 10.1. The molecule has 2 fully saturated rings. The minimum atomic E-state index is -0.491. The summed E-state index contributed by atoms with van der Waals surface area (Å²) < 4.78 is 13.0. The third-order valence-electron chi connectivity index (χ3n) is 7.06. The number of nitrogens with one attached hydrogen (secondary N) is 1. The van der Waals surface area contributed by atoms with Crippen molar-refractivity contribution in [3.8, 4) is 5.75 Å². The van der Waals surface area contributed by atoms with Crippen molar-refractivity contribution in [1.29, 1.82) is 0 Å². The lowest BCUT2D eigenvalue weighted by Gasteiger charge is -2.53. The molecular weight excluding hydrogens is 416 g/mol. The molecule has 0 aliphatic carbocycles. The number of fused-ring (bicyclic) bond motifs is 4. The van der Waals surface area contributed by atoms with Crippen LogP contribution in [0.1, 0.15) is 59.1 Å². The van der Waals surface area contributed by atoms with Gasteiger partial charge in [-0.15, -0.1) is 0 Å². The Morgan fingerprint density at radius 3 is 2.71 bits per heavy atom. The molecule has 3 heterocycles. The molecule has 0 spiro atoms. The number of halogens is 1. The van der Waals surface area contributed by atoms with Gasteiger partial charge in [0.05, 0.1) is 12.2 Å². The summed E-state index contributed by atoms with van der Waals surface area (Å²) in [6, 6.07) is 5.26. The first-order valence-corrected chi connectivity index (χ1v) is 11.6. The summed E-state index contributed by atoms with van der Waals surface area (Å²) >= 11 is 6.28. The Hall–Kier alpha value is -1.79. The molecule has 7 heteroatoms. The first-order chi connectivity index (χ1) is 14.6. The summed E-state index contributed by atoms with van der Waals surface area (Å²) in [7, 11) is 0. The van der Waals surface area contributed by atoms with E-state index in [9.17, 15) is 9.59 Å². The second-order valence-corrected chi connectivity index (χ2v) is 10.5. The fourth-order valence-corrected chi connectivity index (χ4v) is 5.59. The van der Waals surface area contributed by atoms with Crippen LogP contribution in [0.5, 0.6) is 5.75 Å². The first-order valence-electron chi connectivity index (χ1n) is 11.3. The van der Waals surface area contributed by atoms with Gasteiger partial charge in [-0.1, -0.05) is 25.4 Å². The Balaban J connectivity index is 1.53. The molecule has 1 aromatic rings. The molecule has 3 aliphatic rings. The lowest BCUT2D eigenvalue weighted by Crippen LogP contribution is -2.58. The van der Waals surface area contributed by atoms with Crippen LogP contribution in [0.25, 0.3) is 0 Å². The van der Waals surface area contributed by atoms with Crippen molar-refractivity contribution in [2.45, 2.75) is 71.3 Å². The molecule has 0 radical (unpaired) electrons. The third kappa shape index (κ3) is 4.29. The summed E-state index contributed by atoms with van der Waals surface area (Å²) in [4.78, 5) is 26.7. The van der Waals surface area contributed by atoms with E-state index < -0.39 is 6.04 Å². The van der Waals surface area contributed by atoms with Gasteiger partial charge in [0, 0.05) is 42.4 Å². The van der Waals surface area contributed by atoms with E-state index in [0.29, 0.717) is 18.1 Å². The van der Waals surface area contributed by atoms with Crippen LogP contribution in [0.4, 0.5) is 0 Å². The Morgan fingerprint density at radius 2 is 2.03 bits per heavy atom. The maximum Gasteiger partial charge on any atom is 0.245 e. The van der Waals surface area contributed by atoms with Crippen molar-refractivity contribution in [3.05, 3.63) is 28.8 Å². The highest BCUT2D eigenvalue weighted by molar-refractivity contribution is 6.30. The van der Waals surface area contributed by atoms with Gasteiger partial charge in [0.15, 0.2) is 0 Å². The normalized spacial score (nSPS) is 29.8. The highest BCUT2D eigenvalue weighted by Gasteiger charge is 2.51. The highest BCUT2D eigenvalue weighted by atomic mass is 35.5. The van der Waals surface area contributed by atoms with E-state index >= 15 is 0 Å². The number of rotatable bonds is 3. The number of hydrogen-bond acceptors (Lipinski definition) is 4. The second kappa shape index (κ2) is 8.28. The molecule has 3 aliphatic heterocycles. The summed E-state index contributed by atoms with van der Waals surface area (Å²) in [6.07, 6.45) is 1.76. The number of ether oxygens (including phenoxy) is 2. The van der Waals surface area contributed by atoms with Crippen LogP contribution < -0.4 is 10.1 Å². The maximum absolute atomic E-state index is 13.2. The molecule has 0 saturated carbocycles. The fraction of sp³-hybridized carbons (Fsp3) is 0.667. The molecule has 2 amide bonds. The van der Waals surface area contributed by atoms with Gasteiger partial charge >= 0.3 is 0 Å². The van der Waals surface area contributed by atoms with Crippen LogP contribution in [-0.2, 0) is 14.3 Å². The Labute approximate surface area is 189 Å². The summed E-state index contributed by atoms with van der Waals surface area (Å²) in [5, 5.41) is 3.51. The molecular formula is C24H33ClN2O4. The third-order valence-corrected chi connectivity index (χ3v) is 7.29. The van der Waals surface area contributed by atoms with Crippen molar-refractivity contribution >= 4 is 23.4 Å². The highest BCUT2D eigenvalue weighted by Crippen LogP contribution is 2.53. The number of hydrogen-bond donors (Lipinski definition) is 1. The van der Waals surface area contributed by atoms with Crippen molar-refractivity contribution in [1.82, 2.24) is 10.2 Å². The van der Waals surface area contributed by atoms with Crippen LogP contribution in [0.15, 0.2) is 18.2 Å². The fourth-order valence-electron chi connectivity index (χ4n) is 5.41. The molecule has 4 rings (SSSR count). The molecule has 1 aromatic carbocycles. The Morgan fingerprint density at radius 1 is 1.29 bits per heavy atom. The lowest BCUT2D eigenvalue weighted by atomic mass is 9.70. The van der Waals surface area contributed by atoms with Crippen LogP contribution >= 0.6 is 11.6 Å². The number of carbonyl (C=O) groups excluding carboxylic acids is 2. The van der Waals surface area contributed by atoms with Gasteiger partial charge in [0.25, 0.3) is 0 Å². The van der Waals surface area contributed by atoms with E-state index in [1.54, 1.807) is 0 Å². The summed E-state index contributed by atoms with van der Waals surface area (Å²) in [5.41, 5.74) is 0.652. The van der Waals surface area contributed by atoms with E-state index in [0.717, 1.165) is 24.2 Å². The van der Waals surface area contributed by atoms with Gasteiger partial charge in [0.2, 0.25) is 11.8 Å². The Kier molecular flexibility index (Phi) is 5.99. The minimum Gasteiger partial charge on any atom is -0.487 e. The van der Waals surface area contributed by atoms with Gasteiger partial charge in [-0.2, -0.15) is 0 Å². The zero-order valence-electron chi connectivity index (χ0n) is 19.0. The number of likely N-dealkylation sites (tertiary alicyclic amines) is 1. The van der Waals surface area contributed by atoms with Gasteiger partial charge in [-0.05, 0) is 50.8 Å². The Bertz CT molecular complexity index is 871. The summed E-state index contributed by atoms with van der Waals surface area (Å²) in [5.74, 6) is 1.12. The number of amides is 2. The molecule has 0 bridgehead atoms. The zero-order valence-corrected chi connectivity index (χ0v) is 19.7. The van der Waals surface area contributed by atoms with Crippen molar-refractivity contribution in [2.24, 2.45) is 17.8 Å². The largest absolute Gasteiger partial charge is 0.487 e. The maximum atomic E-state index is 13.2. The molecule has 170 valence electrons. The number of nitrogens with zero attached hydrogens (tertiary/aromatic N) is 1. The predicted molar refractivity (Wildman–Crippen MR) is 119 cm³/mol. The topological polar surface area (TPSA) is 67.9 Å². The predicted octanol–water partition coefficient (Wildman–Crippen LogP) is 3.97. The molecule has 0 unspecified atom stereocenters. The van der Waals surface area contributed by atoms with E-state index in [4.69, 9.17) is 21.1 Å². The molecule has 0 aromatic heterocycles. The number of carbonyl (C=O) groups is 2. The average Bonchev–Trinajstić information content (AvgIpc) is 2.70. The molecule has 31 heavy (non-hydrogen) atoms. The zero-order chi connectivity index (χ0) is 22.5. The van der Waals surface area contributed by atoms with Crippen LogP contribution in [0.2, 0.25) is 5.02 Å². The molecule has 1 N–H and O–H groups in total. The van der Waals surface area contributed by atoms with Crippen LogP contribution in [-0.4, -0.2) is 47.6 Å². The van der Waals surface area contributed by atoms with Crippen molar-refractivity contribution < 1.29 is 19.1 Å². The smallest absolute Gasteiger partial charge is 0.245 e. The van der Waals surface area contributed by atoms with E-state index in [-0.39, 0.29) is 47.4 Å². The van der Waals surface area contributed by atoms with E-state index in [1.165, 1.54) is 6.92 Å². The van der Waals surface area contributed by atoms with Crippen LogP contribution in [0.3, 0.4) is 0 Å². The number of piperidine rings is 1. The van der Waals surface area contributed by atoms with Gasteiger partial charge in [-0.3, -0.25) is 9.59 Å².